The summed E-state index contributed by atoms with van der Waals surface area (Å²) >= 11 is 0. The molecule has 26 heavy (non-hydrogen) atoms. The first kappa shape index (κ1) is 18.5. The maximum atomic E-state index is 12.5. The van der Waals surface area contributed by atoms with Crippen LogP contribution in [0.3, 0.4) is 0 Å². The lowest BCUT2D eigenvalue weighted by Crippen LogP contribution is -2.36. The molecular formula is C20H24N2O3S. The van der Waals surface area contributed by atoms with Gasteiger partial charge in [-0.3, -0.25) is 9.52 Å². The Hall–Kier alpha value is -2.34. The van der Waals surface area contributed by atoms with E-state index < -0.39 is 15.4 Å². The standard InChI is InChI=1S/C20H24N2O3S/c1-15(2)14-21-19(23)20(12-13-20)16-8-10-17(11-9-16)22-26(24,25)18-6-4-3-5-7-18/h3-11,15,22H,12-14H2,1-2H3,(H,21,23). The minimum Gasteiger partial charge on any atom is -0.355 e. The Morgan fingerprint density at radius 2 is 1.65 bits per heavy atom. The fourth-order valence-electron chi connectivity index (χ4n) is 2.91. The SMILES string of the molecule is CC(C)CNC(=O)C1(c2ccc(NS(=O)(=O)c3ccccc3)cc2)CC1. The second-order valence-corrected chi connectivity index (χ2v) is 8.86. The van der Waals surface area contributed by atoms with Crippen LogP contribution in [0.15, 0.2) is 59.5 Å². The molecule has 0 aliphatic heterocycles. The first-order valence-corrected chi connectivity index (χ1v) is 10.3. The van der Waals surface area contributed by atoms with Crippen molar-refractivity contribution in [2.75, 3.05) is 11.3 Å². The van der Waals surface area contributed by atoms with Gasteiger partial charge in [0.25, 0.3) is 10.0 Å². The highest BCUT2D eigenvalue weighted by Crippen LogP contribution is 2.48. The van der Waals surface area contributed by atoms with Crippen LogP contribution >= 0.6 is 0 Å². The maximum absolute atomic E-state index is 12.5. The van der Waals surface area contributed by atoms with Gasteiger partial charge in [-0.2, -0.15) is 0 Å². The Balaban J connectivity index is 1.72. The molecule has 6 heteroatoms. The van der Waals surface area contributed by atoms with E-state index in [4.69, 9.17) is 0 Å². The van der Waals surface area contributed by atoms with E-state index in [9.17, 15) is 13.2 Å². The van der Waals surface area contributed by atoms with Gasteiger partial charge in [-0.25, -0.2) is 8.42 Å². The molecule has 0 radical (unpaired) electrons. The summed E-state index contributed by atoms with van der Waals surface area (Å²) in [7, 11) is -3.61. The third-order valence-corrected chi connectivity index (χ3v) is 6.00. The molecule has 5 nitrogen and oxygen atoms in total. The number of amides is 1. The molecule has 0 spiro atoms. The Labute approximate surface area is 154 Å². The summed E-state index contributed by atoms with van der Waals surface area (Å²) in [5.41, 5.74) is 0.962. The van der Waals surface area contributed by atoms with Crippen LogP contribution in [0.1, 0.15) is 32.3 Å². The van der Waals surface area contributed by atoms with E-state index in [2.05, 4.69) is 23.9 Å². The molecule has 0 atom stereocenters. The molecule has 0 bridgehead atoms. The van der Waals surface area contributed by atoms with Crippen molar-refractivity contribution in [1.82, 2.24) is 5.32 Å². The van der Waals surface area contributed by atoms with Crippen LogP contribution in [-0.4, -0.2) is 20.9 Å². The second kappa shape index (κ2) is 7.11. The quantitative estimate of drug-likeness (QED) is 0.783. The van der Waals surface area contributed by atoms with Crippen LogP contribution in [0, 0.1) is 5.92 Å². The van der Waals surface area contributed by atoms with Crippen LogP contribution in [0.25, 0.3) is 0 Å². The number of benzene rings is 2. The van der Waals surface area contributed by atoms with Gasteiger partial charge in [0.15, 0.2) is 0 Å². The van der Waals surface area contributed by atoms with Crippen molar-refractivity contribution >= 4 is 21.6 Å². The number of hydrogen-bond acceptors (Lipinski definition) is 3. The third-order valence-electron chi connectivity index (χ3n) is 4.60. The van der Waals surface area contributed by atoms with E-state index >= 15 is 0 Å². The lowest BCUT2D eigenvalue weighted by Gasteiger charge is -2.17. The minimum atomic E-state index is -3.61. The zero-order valence-corrected chi connectivity index (χ0v) is 15.8. The largest absolute Gasteiger partial charge is 0.355 e. The lowest BCUT2D eigenvalue weighted by molar-refractivity contribution is -0.123. The van der Waals surface area contributed by atoms with Gasteiger partial charge in [0.2, 0.25) is 5.91 Å². The molecule has 1 fully saturated rings. The summed E-state index contributed by atoms with van der Waals surface area (Å²) in [6.45, 7) is 4.79. The lowest BCUT2D eigenvalue weighted by atomic mass is 9.94. The van der Waals surface area contributed by atoms with Gasteiger partial charge < -0.3 is 5.32 Å². The van der Waals surface area contributed by atoms with E-state index in [1.165, 1.54) is 0 Å². The van der Waals surface area contributed by atoms with E-state index in [0.29, 0.717) is 18.2 Å². The highest BCUT2D eigenvalue weighted by Gasteiger charge is 2.51. The van der Waals surface area contributed by atoms with Crippen molar-refractivity contribution in [1.29, 1.82) is 0 Å². The zero-order chi connectivity index (χ0) is 18.8. The van der Waals surface area contributed by atoms with Gasteiger partial charge in [-0.1, -0.05) is 44.2 Å². The smallest absolute Gasteiger partial charge is 0.261 e. The number of anilines is 1. The highest BCUT2D eigenvalue weighted by atomic mass is 32.2. The predicted molar refractivity (Wildman–Crippen MR) is 102 cm³/mol. The molecule has 2 N–H and O–H groups in total. The number of hydrogen-bond donors (Lipinski definition) is 2. The summed E-state index contributed by atoms with van der Waals surface area (Å²) in [4.78, 5) is 12.7. The second-order valence-electron chi connectivity index (χ2n) is 7.18. The number of carbonyl (C=O) groups is 1. The van der Waals surface area contributed by atoms with Crippen LogP contribution in [-0.2, 0) is 20.2 Å². The van der Waals surface area contributed by atoms with Crippen LogP contribution in [0.2, 0.25) is 0 Å². The van der Waals surface area contributed by atoms with Gasteiger partial charge in [-0.15, -0.1) is 0 Å². The van der Waals surface area contributed by atoms with Crippen LogP contribution in [0.5, 0.6) is 0 Å². The molecule has 1 aliphatic carbocycles. The molecule has 0 heterocycles. The summed E-state index contributed by atoms with van der Waals surface area (Å²) in [5, 5.41) is 3.01. The highest BCUT2D eigenvalue weighted by molar-refractivity contribution is 7.92. The van der Waals surface area contributed by atoms with Crippen molar-refractivity contribution in [3.63, 3.8) is 0 Å². The van der Waals surface area contributed by atoms with Crippen LogP contribution < -0.4 is 10.0 Å². The molecular weight excluding hydrogens is 348 g/mol. The summed E-state index contributed by atoms with van der Waals surface area (Å²) in [6.07, 6.45) is 1.65. The van der Waals surface area contributed by atoms with Crippen molar-refractivity contribution in [2.24, 2.45) is 5.92 Å². The minimum absolute atomic E-state index is 0.0591. The van der Waals surface area contributed by atoms with Gasteiger partial charge in [0, 0.05) is 12.2 Å². The summed E-state index contributed by atoms with van der Waals surface area (Å²) < 4.78 is 27.3. The van der Waals surface area contributed by atoms with E-state index in [1.807, 2.05) is 12.1 Å². The number of sulfonamides is 1. The van der Waals surface area contributed by atoms with Gasteiger partial charge in [0.05, 0.1) is 10.3 Å². The Morgan fingerprint density at radius 1 is 1.04 bits per heavy atom. The molecule has 0 saturated heterocycles. The summed E-state index contributed by atoms with van der Waals surface area (Å²) in [6, 6.07) is 15.3. The number of carbonyl (C=O) groups excluding carboxylic acids is 1. The van der Waals surface area contributed by atoms with E-state index in [1.54, 1.807) is 42.5 Å². The molecule has 2 aromatic rings. The first-order chi connectivity index (χ1) is 12.3. The molecule has 3 rings (SSSR count). The van der Waals surface area contributed by atoms with Gasteiger partial charge >= 0.3 is 0 Å². The topological polar surface area (TPSA) is 75.3 Å². The Kier molecular flexibility index (Phi) is 5.05. The molecule has 1 aliphatic rings. The Bertz CT molecular complexity index is 871. The number of nitrogens with one attached hydrogen (secondary N) is 2. The first-order valence-electron chi connectivity index (χ1n) is 8.80. The average Bonchev–Trinajstić information content (AvgIpc) is 3.43. The monoisotopic (exact) mass is 372 g/mol. The number of rotatable bonds is 7. The van der Waals surface area contributed by atoms with Crippen molar-refractivity contribution in [2.45, 2.75) is 37.0 Å². The van der Waals surface area contributed by atoms with E-state index in [0.717, 1.165) is 18.4 Å². The van der Waals surface area contributed by atoms with Crippen molar-refractivity contribution < 1.29 is 13.2 Å². The molecule has 1 saturated carbocycles. The zero-order valence-electron chi connectivity index (χ0n) is 15.0. The normalized spacial score (nSPS) is 15.5. The van der Waals surface area contributed by atoms with Gasteiger partial charge in [0.1, 0.15) is 0 Å². The van der Waals surface area contributed by atoms with Crippen LogP contribution in [0.4, 0.5) is 5.69 Å². The average molecular weight is 372 g/mol. The summed E-state index contributed by atoms with van der Waals surface area (Å²) in [5.74, 6) is 0.466. The molecule has 1 amide bonds. The van der Waals surface area contributed by atoms with Crippen molar-refractivity contribution in [3.05, 3.63) is 60.2 Å². The van der Waals surface area contributed by atoms with E-state index in [-0.39, 0.29) is 10.8 Å². The fraction of sp³-hybridized carbons (Fsp3) is 0.350. The predicted octanol–water partition coefficient (Wildman–Crippen LogP) is 3.29. The Morgan fingerprint density at radius 3 is 2.19 bits per heavy atom. The molecule has 0 aromatic heterocycles. The molecule has 0 unspecified atom stereocenters. The van der Waals surface area contributed by atoms with Gasteiger partial charge in [-0.05, 0) is 48.6 Å². The van der Waals surface area contributed by atoms with Crippen molar-refractivity contribution in [3.8, 4) is 0 Å². The maximum Gasteiger partial charge on any atom is 0.261 e. The third kappa shape index (κ3) is 3.90. The molecule has 2 aromatic carbocycles. The molecule has 138 valence electrons. The fourth-order valence-corrected chi connectivity index (χ4v) is 3.99.